The molecule has 1 aromatic heterocycles. The smallest absolute Gasteiger partial charge is 0.291 e. The number of hydrogen-bond acceptors (Lipinski definition) is 5. The molecule has 0 fully saturated rings. The quantitative estimate of drug-likeness (QED) is 0.485. The number of carbonyl (C=O) groups is 2. The normalized spacial score (nSPS) is 10.3. The number of benzene rings is 2. The SMILES string of the molecule is CCC(=O)Nc1cccc(NC(=O)c2ccc(-c3cccc([N+](=O)[O-])c3)o2)c1. The molecule has 0 aliphatic heterocycles. The van der Waals surface area contributed by atoms with E-state index in [1.165, 1.54) is 18.2 Å². The highest BCUT2D eigenvalue weighted by Crippen LogP contribution is 2.26. The molecule has 28 heavy (non-hydrogen) atoms. The van der Waals surface area contributed by atoms with Gasteiger partial charge in [0.2, 0.25) is 5.91 Å². The van der Waals surface area contributed by atoms with Crippen molar-refractivity contribution in [3.8, 4) is 11.3 Å². The average Bonchev–Trinajstić information content (AvgIpc) is 3.18. The molecular weight excluding hydrogens is 362 g/mol. The first-order chi connectivity index (χ1) is 13.5. The lowest BCUT2D eigenvalue weighted by Crippen LogP contribution is -2.12. The van der Waals surface area contributed by atoms with Crippen LogP contribution in [-0.4, -0.2) is 16.7 Å². The molecule has 0 saturated heterocycles. The Kier molecular flexibility index (Phi) is 5.50. The molecule has 0 radical (unpaired) electrons. The van der Waals surface area contributed by atoms with Gasteiger partial charge in [-0.2, -0.15) is 0 Å². The summed E-state index contributed by atoms with van der Waals surface area (Å²) >= 11 is 0. The summed E-state index contributed by atoms with van der Waals surface area (Å²) in [6.45, 7) is 1.75. The third kappa shape index (κ3) is 4.42. The fourth-order valence-electron chi connectivity index (χ4n) is 2.50. The first kappa shape index (κ1) is 18.8. The number of nitrogens with zero attached hydrogens (tertiary/aromatic N) is 1. The number of nitrogens with one attached hydrogen (secondary N) is 2. The Balaban J connectivity index is 1.74. The van der Waals surface area contributed by atoms with Crippen LogP contribution < -0.4 is 10.6 Å². The van der Waals surface area contributed by atoms with Gasteiger partial charge in [0.15, 0.2) is 5.76 Å². The van der Waals surface area contributed by atoms with Crippen LogP contribution in [0, 0.1) is 10.1 Å². The number of nitro groups is 1. The van der Waals surface area contributed by atoms with Crippen molar-refractivity contribution in [2.45, 2.75) is 13.3 Å². The molecule has 8 nitrogen and oxygen atoms in total. The van der Waals surface area contributed by atoms with E-state index < -0.39 is 10.8 Å². The topological polar surface area (TPSA) is 114 Å². The van der Waals surface area contributed by atoms with E-state index in [0.29, 0.717) is 29.1 Å². The largest absolute Gasteiger partial charge is 0.451 e. The van der Waals surface area contributed by atoms with Crippen LogP contribution in [0.4, 0.5) is 17.1 Å². The average molecular weight is 379 g/mol. The summed E-state index contributed by atoms with van der Waals surface area (Å²) in [6, 6.07) is 15.8. The van der Waals surface area contributed by atoms with Gasteiger partial charge in [0.1, 0.15) is 5.76 Å². The summed E-state index contributed by atoms with van der Waals surface area (Å²) < 4.78 is 5.55. The van der Waals surface area contributed by atoms with Gasteiger partial charge in [-0.05, 0) is 30.3 Å². The molecule has 2 N–H and O–H groups in total. The van der Waals surface area contributed by atoms with Crippen molar-refractivity contribution in [3.05, 3.63) is 76.5 Å². The first-order valence-corrected chi connectivity index (χ1v) is 8.52. The standard InChI is InChI=1S/C20H17N3O5/c1-2-19(24)21-14-6-4-7-15(12-14)22-20(25)18-10-9-17(28-18)13-5-3-8-16(11-13)23(26)27/h3-12H,2H2,1H3,(H,21,24)(H,22,25). The molecule has 2 amide bonds. The summed E-state index contributed by atoms with van der Waals surface area (Å²) in [5.74, 6) is -0.200. The van der Waals surface area contributed by atoms with E-state index in [4.69, 9.17) is 4.42 Å². The molecule has 0 spiro atoms. The molecular formula is C20H17N3O5. The molecule has 0 bridgehead atoms. The number of anilines is 2. The van der Waals surface area contributed by atoms with Gasteiger partial charge < -0.3 is 15.1 Å². The van der Waals surface area contributed by atoms with Crippen LogP contribution in [0.1, 0.15) is 23.9 Å². The minimum atomic E-state index is -0.496. The molecule has 3 rings (SSSR count). The zero-order valence-corrected chi connectivity index (χ0v) is 15.0. The van der Waals surface area contributed by atoms with E-state index in [-0.39, 0.29) is 17.4 Å². The van der Waals surface area contributed by atoms with Gasteiger partial charge in [-0.25, -0.2) is 0 Å². The highest BCUT2D eigenvalue weighted by Gasteiger charge is 2.15. The third-order valence-electron chi connectivity index (χ3n) is 3.90. The van der Waals surface area contributed by atoms with Crippen LogP contribution in [0.5, 0.6) is 0 Å². The summed E-state index contributed by atoms with van der Waals surface area (Å²) in [6.07, 6.45) is 0.351. The second-order valence-electron chi connectivity index (χ2n) is 5.91. The van der Waals surface area contributed by atoms with Crippen LogP contribution in [-0.2, 0) is 4.79 Å². The summed E-state index contributed by atoms with van der Waals surface area (Å²) in [5.41, 5.74) is 1.50. The maximum Gasteiger partial charge on any atom is 0.291 e. The molecule has 8 heteroatoms. The van der Waals surface area contributed by atoms with Crippen molar-refractivity contribution in [1.29, 1.82) is 0 Å². The molecule has 0 atom stereocenters. The monoisotopic (exact) mass is 379 g/mol. The van der Waals surface area contributed by atoms with Crippen LogP contribution in [0.15, 0.2) is 65.1 Å². The van der Waals surface area contributed by atoms with Crippen molar-refractivity contribution >= 4 is 28.9 Å². The Morgan fingerprint density at radius 3 is 2.43 bits per heavy atom. The van der Waals surface area contributed by atoms with Crippen LogP contribution in [0.25, 0.3) is 11.3 Å². The van der Waals surface area contributed by atoms with Crippen molar-refractivity contribution in [2.24, 2.45) is 0 Å². The Morgan fingerprint density at radius 2 is 1.71 bits per heavy atom. The number of non-ortho nitro benzene ring substituents is 1. The highest BCUT2D eigenvalue weighted by molar-refractivity contribution is 6.03. The van der Waals surface area contributed by atoms with Gasteiger partial charge in [-0.3, -0.25) is 19.7 Å². The van der Waals surface area contributed by atoms with Gasteiger partial charge in [0, 0.05) is 35.5 Å². The zero-order valence-electron chi connectivity index (χ0n) is 15.0. The predicted octanol–water partition coefficient (Wildman–Crippen LogP) is 4.46. The fraction of sp³-hybridized carbons (Fsp3) is 0.100. The predicted molar refractivity (Wildman–Crippen MR) is 104 cm³/mol. The lowest BCUT2D eigenvalue weighted by atomic mass is 10.1. The molecule has 0 aliphatic carbocycles. The summed E-state index contributed by atoms with van der Waals surface area (Å²) in [7, 11) is 0. The van der Waals surface area contributed by atoms with Crippen LogP contribution in [0.2, 0.25) is 0 Å². The minimum absolute atomic E-state index is 0.0597. The Morgan fingerprint density at radius 1 is 1.00 bits per heavy atom. The van der Waals surface area contributed by atoms with Crippen LogP contribution in [0.3, 0.4) is 0 Å². The van der Waals surface area contributed by atoms with Gasteiger partial charge in [0.25, 0.3) is 11.6 Å². The van der Waals surface area contributed by atoms with Gasteiger partial charge in [0.05, 0.1) is 4.92 Å². The number of carbonyl (C=O) groups excluding carboxylic acids is 2. The minimum Gasteiger partial charge on any atom is -0.451 e. The van der Waals surface area contributed by atoms with Crippen molar-refractivity contribution < 1.29 is 18.9 Å². The summed E-state index contributed by atoms with van der Waals surface area (Å²) in [5, 5.41) is 16.3. The molecule has 142 valence electrons. The molecule has 0 unspecified atom stereocenters. The van der Waals surface area contributed by atoms with E-state index in [1.54, 1.807) is 49.4 Å². The number of rotatable bonds is 6. The second-order valence-corrected chi connectivity index (χ2v) is 5.91. The number of hydrogen-bond donors (Lipinski definition) is 2. The number of furan rings is 1. The summed E-state index contributed by atoms with van der Waals surface area (Å²) in [4.78, 5) is 34.3. The van der Waals surface area contributed by atoms with E-state index in [9.17, 15) is 19.7 Å². The Hall–Kier alpha value is -3.94. The van der Waals surface area contributed by atoms with E-state index in [0.717, 1.165) is 0 Å². The lowest BCUT2D eigenvalue weighted by molar-refractivity contribution is -0.384. The Bertz CT molecular complexity index is 1040. The third-order valence-corrected chi connectivity index (χ3v) is 3.90. The van der Waals surface area contributed by atoms with Gasteiger partial charge in [-0.15, -0.1) is 0 Å². The molecule has 0 aliphatic rings. The van der Waals surface area contributed by atoms with E-state index in [2.05, 4.69) is 10.6 Å². The number of nitro benzene ring substituents is 1. The second kappa shape index (κ2) is 8.17. The maximum absolute atomic E-state index is 12.4. The lowest BCUT2D eigenvalue weighted by Gasteiger charge is -2.07. The fourth-order valence-corrected chi connectivity index (χ4v) is 2.50. The van der Waals surface area contributed by atoms with Crippen molar-refractivity contribution in [1.82, 2.24) is 0 Å². The van der Waals surface area contributed by atoms with E-state index in [1.807, 2.05) is 0 Å². The molecule has 1 heterocycles. The van der Waals surface area contributed by atoms with Gasteiger partial charge >= 0.3 is 0 Å². The van der Waals surface area contributed by atoms with E-state index >= 15 is 0 Å². The maximum atomic E-state index is 12.4. The molecule has 0 saturated carbocycles. The van der Waals surface area contributed by atoms with Crippen molar-refractivity contribution in [3.63, 3.8) is 0 Å². The number of amides is 2. The van der Waals surface area contributed by atoms with Gasteiger partial charge in [-0.1, -0.05) is 25.1 Å². The first-order valence-electron chi connectivity index (χ1n) is 8.52. The van der Waals surface area contributed by atoms with Crippen LogP contribution >= 0.6 is 0 Å². The highest BCUT2D eigenvalue weighted by atomic mass is 16.6. The molecule has 3 aromatic rings. The van der Waals surface area contributed by atoms with Crippen molar-refractivity contribution in [2.75, 3.05) is 10.6 Å². The zero-order chi connectivity index (χ0) is 20.1. The Labute approximate surface area is 160 Å². The molecule has 2 aromatic carbocycles.